The maximum Gasteiger partial charge on any atom is 0.881 e. The molecule has 5 aromatic rings. The topological polar surface area (TPSA) is 31.4 Å². The number of nitrogens with zero attached hydrogens (tertiary/aromatic N) is 1. The average Bonchev–Trinajstić information content (AvgIpc) is 2.85. The third kappa shape index (κ3) is 4.38. The van der Waals surface area contributed by atoms with Crippen molar-refractivity contribution in [2.24, 2.45) is 0 Å². The molecule has 4 aromatic carbocycles. The van der Waals surface area contributed by atoms with Gasteiger partial charge in [-0.25, -0.2) is 4.98 Å². The lowest BCUT2D eigenvalue weighted by molar-refractivity contribution is 0.461. The molecule has 0 aliphatic heterocycles. The van der Waals surface area contributed by atoms with Crippen molar-refractivity contribution in [1.29, 1.82) is 0 Å². The first-order valence-corrected chi connectivity index (χ1v) is 11.5. The molecule has 0 saturated heterocycles. The largest absolute Gasteiger partial charge is 0.881 e. The van der Waals surface area contributed by atoms with Crippen LogP contribution in [0.3, 0.4) is 0 Å². The van der Waals surface area contributed by atoms with Gasteiger partial charge >= 0.3 is 15.9 Å². The van der Waals surface area contributed by atoms with E-state index >= 15 is 0 Å². The van der Waals surface area contributed by atoms with Crippen LogP contribution in [0.2, 0.25) is 0 Å². The third-order valence-corrected chi connectivity index (χ3v) is 6.05. The molecule has 0 spiro atoms. The Labute approximate surface area is 194 Å². The molecule has 1 heterocycles. The van der Waals surface area contributed by atoms with Crippen molar-refractivity contribution in [1.82, 2.24) is 4.98 Å². The molecule has 0 bridgehead atoms. The lowest BCUT2D eigenvalue weighted by Gasteiger charge is -2.13. The van der Waals surface area contributed by atoms with E-state index in [4.69, 9.17) is 12.6 Å². The number of aryl methyl sites for hydroxylation is 1. The van der Waals surface area contributed by atoms with E-state index in [2.05, 4.69) is 60.7 Å². The van der Waals surface area contributed by atoms with Crippen molar-refractivity contribution in [2.75, 3.05) is 0 Å². The molecule has 3 nitrogen and oxygen atoms in total. The molecule has 0 fully saturated rings. The predicted octanol–water partition coefficient (Wildman–Crippen LogP) is 6.87. The zero-order valence-electron chi connectivity index (χ0n) is 17.7. The van der Waals surface area contributed by atoms with Crippen molar-refractivity contribution in [3.8, 4) is 33.8 Å². The molecule has 4 heteroatoms. The van der Waals surface area contributed by atoms with Crippen LogP contribution >= 0.6 is 0 Å². The lowest BCUT2D eigenvalue weighted by atomic mass is 10.00. The number of aromatic nitrogens is 1. The fourth-order valence-corrected chi connectivity index (χ4v) is 4.40. The molecule has 0 unspecified atom stereocenters. The summed E-state index contributed by atoms with van der Waals surface area (Å²) in [6.45, 7) is 2.01. The van der Waals surface area contributed by atoms with Gasteiger partial charge in [-0.05, 0) is 53.4 Å². The van der Waals surface area contributed by atoms with Gasteiger partial charge in [0, 0.05) is 11.1 Å². The smallest absolute Gasteiger partial charge is 0.616 e. The van der Waals surface area contributed by atoms with Gasteiger partial charge in [-0.3, -0.25) is 0 Å². The van der Waals surface area contributed by atoms with Crippen molar-refractivity contribution in [3.05, 3.63) is 115 Å². The lowest BCUT2D eigenvalue weighted by Crippen LogP contribution is -2.11. The number of para-hydroxylation sites is 1. The number of benzene rings is 4. The van der Waals surface area contributed by atoms with Crippen LogP contribution in [0.4, 0.5) is 0 Å². The third-order valence-electron chi connectivity index (χ3n) is 5.34. The highest BCUT2D eigenvalue weighted by atomic mass is 27.2. The summed E-state index contributed by atoms with van der Waals surface area (Å²) in [5.41, 5.74) is 6.50. The molecule has 0 aliphatic carbocycles. The first kappa shape index (κ1) is 20.3. The molecule has 0 N–H and O–H groups in total. The number of hydrogen-bond acceptors (Lipinski definition) is 3. The summed E-state index contributed by atoms with van der Waals surface area (Å²) in [7, 11) is 0. The van der Waals surface area contributed by atoms with E-state index in [1.54, 1.807) is 0 Å². The average molecular weight is 430 g/mol. The van der Waals surface area contributed by atoms with E-state index in [-0.39, 0.29) is 0 Å². The van der Waals surface area contributed by atoms with Crippen LogP contribution in [-0.4, -0.2) is 20.9 Å². The minimum atomic E-state index is -0.721. The van der Waals surface area contributed by atoms with Gasteiger partial charge in [-0.2, -0.15) is 0 Å². The van der Waals surface area contributed by atoms with Gasteiger partial charge < -0.3 is 7.58 Å². The number of rotatable bonds is 6. The first-order valence-electron chi connectivity index (χ1n) is 10.5. The summed E-state index contributed by atoms with van der Waals surface area (Å²) in [5, 5.41) is 1.07. The summed E-state index contributed by atoms with van der Waals surface area (Å²) in [6.07, 6.45) is 0. The predicted molar refractivity (Wildman–Crippen MR) is 131 cm³/mol. The van der Waals surface area contributed by atoms with Gasteiger partial charge in [0.05, 0.1) is 5.75 Å². The van der Waals surface area contributed by atoms with Crippen LogP contribution in [0.5, 0.6) is 11.5 Å². The molecule has 32 heavy (non-hydrogen) atoms. The SMILES string of the molecule is Cc1cc(-c2ccccc2)c2cccc([O][Al][O]c3ccc(-c4ccccc4)cc3)c2n1. The summed E-state index contributed by atoms with van der Waals surface area (Å²) >= 11 is -0.721. The number of fused-ring (bicyclic) bond motifs is 1. The second kappa shape index (κ2) is 9.28. The Kier molecular flexibility index (Phi) is 5.90. The normalized spacial score (nSPS) is 10.7. The Morgan fingerprint density at radius 2 is 1.28 bits per heavy atom. The zero-order chi connectivity index (χ0) is 21.8. The minimum absolute atomic E-state index is 0.721. The molecule has 5 rings (SSSR count). The Morgan fingerprint density at radius 3 is 2.00 bits per heavy atom. The van der Waals surface area contributed by atoms with Crippen molar-refractivity contribution in [2.45, 2.75) is 6.92 Å². The Balaban J connectivity index is 1.34. The highest BCUT2D eigenvalue weighted by Crippen LogP contribution is 2.33. The van der Waals surface area contributed by atoms with Gasteiger partial charge in [0.25, 0.3) is 0 Å². The van der Waals surface area contributed by atoms with Gasteiger partial charge in [0.1, 0.15) is 11.3 Å². The van der Waals surface area contributed by atoms with Gasteiger partial charge in [0.2, 0.25) is 0 Å². The van der Waals surface area contributed by atoms with E-state index in [1.807, 2.05) is 55.5 Å². The van der Waals surface area contributed by atoms with Crippen molar-refractivity contribution >= 4 is 26.8 Å². The zero-order valence-corrected chi connectivity index (χ0v) is 18.9. The summed E-state index contributed by atoms with van der Waals surface area (Å²) in [4.78, 5) is 4.77. The summed E-state index contributed by atoms with van der Waals surface area (Å²) in [5.74, 6) is 1.55. The molecule has 1 radical (unpaired) electrons. The standard InChI is InChI=1S/C16H13NO.C12H10O.Al/c1-11-10-14(12-6-3-2-4-7-12)13-8-5-9-15(18)16(13)17-11;13-12-8-6-11(7-9-12)10-4-2-1-3-5-10;/h2-10,18H,1H3;1-9,13H;/q;;+2/p-2. The van der Waals surface area contributed by atoms with E-state index in [0.717, 1.165) is 39.2 Å². The van der Waals surface area contributed by atoms with Crippen LogP contribution in [0, 0.1) is 6.92 Å². The molecule has 0 aliphatic rings. The summed E-state index contributed by atoms with van der Waals surface area (Å²) in [6, 6.07) is 37.0. The Morgan fingerprint density at radius 1 is 0.625 bits per heavy atom. The summed E-state index contributed by atoms with van der Waals surface area (Å²) < 4.78 is 12.0. The molecule has 0 saturated carbocycles. The Hall–Kier alpha value is -3.58. The maximum absolute atomic E-state index is 6.08. The molecule has 153 valence electrons. The monoisotopic (exact) mass is 430 g/mol. The van der Waals surface area contributed by atoms with Gasteiger partial charge in [-0.1, -0.05) is 84.9 Å². The second-order valence-corrected chi connectivity index (χ2v) is 8.22. The molecular weight excluding hydrogens is 409 g/mol. The van der Waals surface area contributed by atoms with Crippen LogP contribution in [0.15, 0.2) is 109 Å². The fraction of sp³-hybridized carbons (Fsp3) is 0.0357. The molecular formula is C28H21AlNO2. The van der Waals surface area contributed by atoms with Crippen LogP contribution in [-0.2, 0) is 0 Å². The van der Waals surface area contributed by atoms with E-state index in [1.165, 1.54) is 11.1 Å². The quantitative estimate of drug-likeness (QED) is 0.276. The van der Waals surface area contributed by atoms with E-state index < -0.39 is 15.9 Å². The van der Waals surface area contributed by atoms with Crippen LogP contribution in [0.25, 0.3) is 33.2 Å². The highest BCUT2D eigenvalue weighted by molar-refractivity contribution is 6.21. The van der Waals surface area contributed by atoms with Gasteiger partial charge in [-0.15, -0.1) is 0 Å². The molecule has 1 aromatic heterocycles. The second-order valence-electron chi connectivity index (χ2n) is 7.55. The first-order chi connectivity index (χ1) is 15.8. The molecule has 0 amide bonds. The minimum Gasteiger partial charge on any atom is -0.616 e. The number of pyridine rings is 1. The molecule has 0 atom stereocenters. The maximum atomic E-state index is 6.08. The Bertz CT molecular complexity index is 1340. The highest BCUT2D eigenvalue weighted by Gasteiger charge is 2.13. The van der Waals surface area contributed by atoms with Gasteiger partial charge in [0.15, 0.2) is 0 Å². The van der Waals surface area contributed by atoms with Crippen LogP contribution < -0.4 is 7.58 Å². The van der Waals surface area contributed by atoms with Crippen molar-refractivity contribution in [3.63, 3.8) is 0 Å². The van der Waals surface area contributed by atoms with E-state index in [0.29, 0.717) is 0 Å². The van der Waals surface area contributed by atoms with Crippen LogP contribution in [0.1, 0.15) is 5.69 Å². The number of hydrogen-bond donors (Lipinski definition) is 0. The van der Waals surface area contributed by atoms with E-state index in [9.17, 15) is 0 Å². The van der Waals surface area contributed by atoms with Crippen molar-refractivity contribution < 1.29 is 7.58 Å². The fourth-order valence-electron chi connectivity index (χ4n) is 3.79.